The van der Waals surface area contributed by atoms with Crippen LogP contribution in [0.25, 0.3) is 27.6 Å². The molecule has 4 N–H and O–H groups in total. The van der Waals surface area contributed by atoms with Crippen molar-refractivity contribution in [3.63, 3.8) is 0 Å². The molecule has 2 aromatic carbocycles. The van der Waals surface area contributed by atoms with E-state index in [1.165, 1.54) is 12.6 Å². The van der Waals surface area contributed by atoms with E-state index in [0.717, 1.165) is 48.2 Å². The summed E-state index contributed by atoms with van der Waals surface area (Å²) in [5.41, 5.74) is 3.85. The van der Waals surface area contributed by atoms with Gasteiger partial charge in [0.25, 0.3) is 10.0 Å². The maximum Gasteiger partial charge on any atom is 0.251 e. The van der Waals surface area contributed by atoms with Crippen molar-refractivity contribution in [2.45, 2.75) is 44.4 Å². The lowest BCUT2D eigenvalue weighted by atomic mass is 9.96. The van der Waals surface area contributed by atoms with Crippen LogP contribution in [0.1, 0.15) is 19.5 Å². The number of anilines is 1. The number of sulfonamides is 1. The van der Waals surface area contributed by atoms with Gasteiger partial charge in [0, 0.05) is 62.4 Å². The van der Waals surface area contributed by atoms with Gasteiger partial charge in [0.05, 0.1) is 6.10 Å². The third-order valence-corrected chi connectivity index (χ3v) is 10.1. The molecular formula is C31H39N5O6S. The van der Waals surface area contributed by atoms with Gasteiger partial charge in [-0.3, -0.25) is 0 Å². The molecular weight excluding hydrogens is 570 g/mol. The first-order valence-electron chi connectivity index (χ1n) is 14.4. The van der Waals surface area contributed by atoms with Crippen molar-refractivity contribution in [2.75, 3.05) is 44.7 Å². The lowest BCUT2D eigenvalue weighted by Crippen LogP contribution is -2.59. The second-order valence-corrected chi connectivity index (χ2v) is 13.2. The normalized spacial score (nSPS) is 25.9. The van der Waals surface area contributed by atoms with Gasteiger partial charge < -0.3 is 34.4 Å². The molecule has 12 heteroatoms. The molecule has 3 heterocycles. The van der Waals surface area contributed by atoms with E-state index in [9.17, 15) is 29.0 Å². The lowest BCUT2D eigenvalue weighted by Gasteiger charge is -2.39. The van der Waals surface area contributed by atoms with E-state index in [4.69, 9.17) is 4.74 Å². The van der Waals surface area contributed by atoms with E-state index in [-0.39, 0.29) is 12.1 Å². The fraction of sp³-hybridized carbons (Fsp3) is 0.452. The number of hydrogen-bond donors (Lipinski definition) is 4. The number of fused-ring (bicyclic) bond motifs is 1. The smallest absolute Gasteiger partial charge is 0.251 e. The molecule has 11 nitrogen and oxygen atoms in total. The molecule has 1 aromatic heterocycles. The number of piperazine rings is 1. The number of aromatic nitrogens is 1. The predicted molar refractivity (Wildman–Crippen MR) is 166 cm³/mol. The van der Waals surface area contributed by atoms with Crippen LogP contribution in [0.4, 0.5) is 5.69 Å². The fourth-order valence-electron chi connectivity index (χ4n) is 5.86. The van der Waals surface area contributed by atoms with E-state index in [1.54, 1.807) is 13.0 Å². The minimum Gasteiger partial charge on any atom is -0.388 e. The number of nitrogens with one attached hydrogen (secondary N) is 1. The van der Waals surface area contributed by atoms with Gasteiger partial charge in [0.2, 0.25) is 0 Å². The Morgan fingerprint density at radius 2 is 1.65 bits per heavy atom. The summed E-state index contributed by atoms with van der Waals surface area (Å²) in [6.45, 7) is 6.78. The van der Waals surface area contributed by atoms with Crippen LogP contribution in [0.2, 0.25) is 0 Å². The molecule has 0 bridgehead atoms. The summed E-state index contributed by atoms with van der Waals surface area (Å²) in [7, 11) is -0.330. The van der Waals surface area contributed by atoms with Crippen molar-refractivity contribution >= 4 is 32.1 Å². The number of aliphatic hydroxyl groups is 3. The minimum absolute atomic E-state index is 0.260. The molecule has 5 rings (SSSR count). The third-order valence-electron chi connectivity index (χ3n) is 8.63. The first-order chi connectivity index (χ1) is 20.4. The van der Waals surface area contributed by atoms with Crippen molar-refractivity contribution in [2.24, 2.45) is 7.05 Å². The highest BCUT2D eigenvalue weighted by Crippen LogP contribution is 2.31. The summed E-state index contributed by atoms with van der Waals surface area (Å²) < 4.78 is 36.0. The first-order valence-corrected chi connectivity index (χ1v) is 15.8. The molecule has 230 valence electrons. The third kappa shape index (κ3) is 6.21. The van der Waals surface area contributed by atoms with E-state index in [2.05, 4.69) is 51.9 Å². The summed E-state index contributed by atoms with van der Waals surface area (Å²) in [5, 5.41) is 42.3. The molecule has 0 radical (unpaired) electrons. The number of aliphatic hydroxyl groups excluding tert-OH is 3. The van der Waals surface area contributed by atoms with Gasteiger partial charge in [-0.1, -0.05) is 18.2 Å². The summed E-state index contributed by atoms with van der Waals surface area (Å²) in [5.74, 6) is 0. The predicted octanol–water partition coefficient (Wildman–Crippen LogP) is 1.64. The average molecular weight is 610 g/mol. The van der Waals surface area contributed by atoms with Crippen LogP contribution in [0, 0.1) is 11.3 Å². The highest BCUT2D eigenvalue weighted by molar-refractivity contribution is 7.93. The number of rotatable bonds is 7. The highest BCUT2D eigenvalue weighted by atomic mass is 32.2. The average Bonchev–Trinajstić information content (AvgIpc) is 3.38. The maximum absolute atomic E-state index is 13.2. The number of ether oxygens (including phenoxy) is 1. The number of nitriles is 1. The van der Waals surface area contributed by atoms with Crippen LogP contribution in [-0.2, 0) is 21.8 Å². The molecule has 0 spiro atoms. The van der Waals surface area contributed by atoms with Crippen LogP contribution in [0.5, 0.6) is 0 Å². The molecule has 0 amide bonds. The zero-order chi connectivity index (χ0) is 31.1. The first kappa shape index (κ1) is 31.2. The van der Waals surface area contributed by atoms with E-state index >= 15 is 0 Å². The van der Waals surface area contributed by atoms with Crippen molar-refractivity contribution in [3.05, 3.63) is 59.1 Å². The number of benzene rings is 2. The zero-order valence-electron chi connectivity index (χ0n) is 24.8. The number of hydrogen-bond acceptors (Lipinski definition) is 9. The molecule has 0 aliphatic carbocycles. The topological polar surface area (TPSA) is 151 Å². The molecule has 2 aliphatic rings. The molecule has 2 fully saturated rings. The Morgan fingerprint density at radius 3 is 2.35 bits per heavy atom. The Hall–Kier alpha value is -3.28. The molecule has 0 saturated carbocycles. The lowest BCUT2D eigenvalue weighted by molar-refractivity contribution is -0.214. The van der Waals surface area contributed by atoms with Crippen LogP contribution in [-0.4, -0.2) is 103 Å². The Bertz CT molecular complexity index is 1670. The molecule has 2 saturated heterocycles. The fourth-order valence-corrected chi connectivity index (χ4v) is 7.02. The molecule has 1 unspecified atom stereocenters. The largest absolute Gasteiger partial charge is 0.388 e. The van der Waals surface area contributed by atoms with Crippen LogP contribution >= 0.6 is 0 Å². The standard InChI is InChI=1S/C31H39N5O6S/c1-19(28(17-32)43(40,41)33-18-27-30(38)31(39)29(37)20(2)42-27)25-9-10-26(35(25)4)23-6-5-22-16-24(8-7-21(22)15-23)36-13-11-34(3)12-14-36/h5-10,15-16,20,27,29-31,33,37-39H,11-14,18H2,1-4H3/b28-19+/t20?,27-,29+,30-,31-/m1/s1. The SMILES string of the molecule is C/C(=C(/C#N)S(=O)(=O)NC[C@H]1OC(C)[C@H](O)[C@@H](O)[C@@H]1O)c1ccc(-c2ccc3cc(N4CCN(C)CC4)ccc3c2)n1C. The Morgan fingerprint density at radius 1 is 0.977 bits per heavy atom. The van der Waals surface area contributed by atoms with Gasteiger partial charge in [-0.05, 0) is 67.6 Å². The Labute approximate surface area is 252 Å². The minimum atomic E-state index is -4.30. The van der Waals surface area contributed by atoms with E-state index in [1.807, 2.05) is 29.8 Å². The van der Waals surface area contributed by atoms with Crippen molar-refractivity contribution in [1.82, 2.24) is 14.2 Å². The van der Waals surface area contributed by atoms with Crippen molar-refractivity contribution in [1.29, 1.82) is 5.26 Å². The number of likely N-dealkylation sites (N-methyl/N-ethyl adjacent to an activating group) is 1. The van der Waals surface area contributed by atoms with Gasteiger partial charge in [-0.2, -0.15) is 5.26 Å². The summed E-state index contributed by atoms with van der Waals surface area (Å²) >= 11 is 0. The molecule has 43 heavy (non-hydrogen) atoms. The van der Waals surface area contributed by atoms with Crippen LogP contribution < -0.4 is 9.62 Å². The van der Waals surface area contributed by atoms with Gasteiger partial charge in [0.1, 0.15) is 30.5 Å². The number of allylic oxidation sites excluding steroid dienone is 2. The Kier molecular flexibility index (Phi) is 8.97. The van der Waals surface area contributed by atoms with Crippen LogP contribution in [0.3, 0.4) is 0 Å². The van der Waals surface area contributed by atoms with E-state index in [0.29, 0.717) is 5.69 Å². The summed E-state index contributed by atoms with van der Waals surface area (Å²) in [6.07, 6.45) is -6.19. The Balaban J connectivity index is 1.36. The molecule has 2 aliphatic heterocycles. The van der Waals surface area contributed by atoms with Gasteiger partial charge in [0.15, 0.2) is 4.91 Å². The quantitative estimate of drug-likeness (QED) is 0.293. The number of nitrogens with zero attached hydrogens (tertiary/aromatic N) is 4. The summed E-state index contributed by atoms with van der Waals surface area (Å²) in [4.78, 5) is 4.27. The molecule has 3 aromatic rings. The molecule has 5 atom stereocenters. The van der Waals surface area contributed by atoms with Crippen molar-refractivity contribution in [3.8, 4) is 17.3 Å². The van der Waals surface area contributed by atoms with Crippen molar-refractivity contribution < 1.29 is 28.5 Å². The van der Waals surface area contributed by atoms with Crippen LogP contribution in [0.15, 0.2) is 53.4 Å². The van der Waals surface area contributed by atoms with Gasteiger partial charge in [-0.15, -0.1) is 0 Å². The van der Waals surface area contributed by atoms with E-state index < -0.39 is 45.4 Å². The highest BCUT2D eigenvalue weighted by Gasteiger charge is 2.42. The monoisotopic (exact) mass is 609 g/mol. The maximum atomic E-state index is 13.2. The zero-order valence-corrected chi connectivity index (χ0v) is 25.6. The summed E-state index contributed by atoms with van der Waals surface area (Å²) in [6, 6.07) is 18.2. The van der Waals surface area contributed by atoms with Gasteiger partial charge in [-0.25, -0.2) is 13.1 Å². The second kappa shape index (κ2) is 12.4. The second-order valence-electron chi connectivity index (χ2n) is 11.5. The van der Waals surface area contributed by atoms with Gasteiger partial charge >= 0.3 is 0 Å².